The Morgan fingerprint density at radius 1 is 0.810 bits per heavy atom. The number of nitrogens with zero attached hydrogens (tertiary/aromatic N) is 4. The Morgan fingerprint density at radius 3 is 2.43 bits per heavy atom. The van der Waals surface area contributed by atoms with Gasteiger partial charge in [-0.25, -0.2) is 15.0 Å². The topological polar surface area (TPSA) is 43.6 Å². The second-order valence-corrected chi connectivity index (χ2v) is 4.73. The number of rotatable bonds is 2. The van der Waals surface area contributed by atoms with Crippen molar-refractivity contribution in [3.05, 3.63) is 73.3 Å². The van der Waals surface area contributed by atoms with Crippen LogP contribution in [0.1, 0.15) is 0 Å². The highest BCUT2D eigenvalue weighted by molar-refractivity contribution is 5.92. The maximum absolute atomic E-state index is 4.73. The highest BCUT2D eigenvalue weighted by atomic mass is 15.2. The summed E-state index contributed by atoms with van der Waals surface area (Å²) in [5.74, 6) is 0.630. The first-order chi connectivity index (χ1) is 10.4. The molecule has 0 saturated carbocycles. The number of hydrogen-bond acceptors (Lipinski definition) is 3. The first-order valence-electron chi connectivity index (χ1n) is 6.72. The SMILES string of the molecule is c1ccc(-c2nc(-n3ccnc3)nc3ccccc23)cc1. The third kappa shape index (κ3) is 2.07. The Morgan fingerprint density at radius 2 is 1.62 bits per heavy atom. The van der Waals surface area contributed by atoms with Crippen LogP contribution in [0.2, 0.25) is 0 Å². The molecule has 0 spiro atoms. The lowest BCUT2D eigenvalue weighted by atomic mass is 10.1. The van der Waals surface area contributed by atoms with Gasteiger partial charge in [0.15, 0.2) is 0 Å². The van der Waals surface area contributed by atoms with Gasteiger partial charge >= 0.3 is 0 Å². The molecular formula is C17H12N4. The molecule has 4 aromatic rings. The minimum absolute atomic E-state index is 0.630. The van der Waals surface area contributed by atoms with Gasteiger partial charge in [-0.05, 0) is 6.07 Å². The van der Waals surface area contributed by atoms with Gasteiger partial charge in [0.2, 0.25) is 5.95 Å². The first kappa shape index (κ1) is 11.8. The minimum Gasteiger partial charge on any atom is -0.274 e. The van der Waals surface area contributed by atoms with E-state index in [-0.39, 0.29) is 0 Å². The van der Waals surface area contributed by atoms with E-state index in [1.807, 2.05) is 47.2 Å². The van der Waals surface area contributed by atoms with Gasteiger partial charge in [0.25, 0.3) is 0 Å². The molecule has 0 aliphatic heterocycles. The monoisotopic (exact) mass is 272 g/mol. The lowest BCUT2D eigenvalue weighted by Gasteiger charge is -2.09. The van der Waals surface area contributed by atoms with E-state index < -0.39 is 0 Å². The van der Waals surface area contributed by atoms with Crippen molar-refractivity contribution in [3.8, 4) is 17.2 Å². The average Bonchev–Trinajstić information content (AvgIpc) is 3.09. The Kier molecular flexibility index (Phi) is 2.71. The van der Waals surface area contributed by atoms with E-state index in [0.29, 0.717) is 5.95 Å². The van der Waals surface area contributed by atoms with Crippen molar-refractivity contribution in [3.63, 3.8) is 0 Å². The van der Waals surface area contributed by atoms with Crippen LogP contribution in [0, 0.1) is 0 Å². The minimum atomic E-state index is 0.630. The van der Waals surface area contributed by atoms with Gasteiger partial charge < -0.3 is 0 Å². The summed E-state index contributed by atoms with van der Waals surface area (Å²) >= 11 is 0. The molecule has 4 heteroatoms. The fraction of sp³-hybridized carbons (Fsp3) is 0. The van der Waals surface area contributed by atoms with Gasteiger partial charge in [-0.3, -0.25) is 4.57 Å². The van der Waals surface area contributed by atoms with Crippen molar-refractivity contribution >= 4 is 10.9 Å². The molecule has 100 valence electrons. The average molecular weight is 272 g/mol. The third-order valence-electron chi connectivity index (χ3n) is 3.37. The molecule has 4 rings (SSSR count). The van der Waals surface area contributed by atoms with Crippen LogP contribution in [0.25, 0.3) is 28.1 Å². The molecule has 2 aromatic carbocycles. The zero-order valence-electron chi connectivity index (χ0n) is 11.2. The lowest BCUT2D eigenvalue weighted by Crippen LogP contribution is -2.01. The molecule has 0 bridgehead atoms. The largest absolute Gasteiger partial charge is 0.274 e. The number of benzene rings is 2. The smallest absolute Gasteiger partial charge is 0.236 e. The molecule has 0 unspecified atom stereocenters. The maximum Gasteiger partial charge on any atom is 0.236 e. The molecule has 0 saturated heterocycles. The van der Waals surface area contributed by atoms with E-state index in [9.17, 15) is 0 Å². The van der Waals surface area contributed by atoms with E-state index in [2.05, 4.69) is 28.2 Å². The second kappa shape index (κ2) is 4.83. The van der Waals surface area contributed by atoms with Crippen molar-refractivity contribution in [2.24, 2.45) is 0 Å². The van der Waals surface area contributed by atoms with Gasteiger partial charge in [-0.15, -0.1) is 0 Å². The first-order valence-corrected chi connectivity index (χ1v) is 6.72. The van der Waals surface area contributed by atoms with Crippen LogP contribution in [-0.2, 0) is 0 Å². The van der Waals surface area contributed by atoms with Crippen LogP contribution < -0.4 is 0 Å². The highest BCUT2D eigenvalue weighted by Gasteiger charge is 2.10. The zero-order chi connectivity index (χ0) is 14.1. The third-order valence-corrected chi connectivity index (χ3v) is 3.37. The Hall–Kier alpha value is -3.01. The highest BCUT2D eigenvalue weighted by Crippen LogP contribution is 2.26. The summed E-state index contributed by atoms with van der Waals surface area (Å²) in [6, 6.07) is 18.2. The fourth-order valence-corrected chi connectivity index (χ4v) is 2.37. The summed E-state index contributed by atoms with van der Waals surface area (Å²) in [4.78, 5) is 13.4. The van der Waals surface area contributed by atoms with Gasteiger partial charge in [0, 0.05) is 23.3 Å². The summed E-state index contributed by atoms with van der Waals surface area (Å²) in [6.07, 6.45) is 5.28. The van der Waals surface area contributed by atoms with Crippen LogP contribution in [0.3, 0.4) is 0 Å². The quantitative estimate of drug-likeness (QED) is 0.561. The normalized spacial score (nSPS) is 10.9. The standard InChI is InChI=1S/C17H12N4/c1-2-6-13(7-3-1)16-14-8-4-5-9-15(14)19-17(20-16)21-11-10-18-12-21/h1-12H. The van der Waals surface area contributed by atoms with Crippen LogP contribution in [-0.4, -0.2) is 19.5 Å². The Labute approximate surface area is 121 Å². The number of para-hydroxylation sites is 1. The molecule has 4 nitrogen and oxygen atoms in total. The fourth-order valence-electron chi connectivity index (χ4n) is 2.37. The summed E-state index contributed by atoms with van der Waals surface area (Å²) < 4.78 is 1.82. The van der Waals surface area contributed by atoms with Gasteiger partial charge in [-0.2, -0.15) is 0 Å². The lowest BCUT2D eigenvalue weighted by molar-refractivity contribution is 0.943. The molecule has 0 aliphatic rings. The van der Waals surface area contributed by atoms with Gasteiger partial charge in [0.1, 0.15) is 6.33 Å². The molecular weight excluding hydrogens is 260 g/mol. The predicted octanol–water partition coefficient (Wildman–Crippen LogP) is 3.48. The van der Waals surface area contributed by atoms with Crippen LogP contribution in [0.15, 0.2) is 73.3 Å². The van der Waals surface area contributed by atoms with E-state index in [1.54, 1.807) is 12.5 Å². The molecule has 0 N–H and O–H groups in total. The summed E-state index contributed by atoms with van der Waals surface area (Å²) in [7, 11) is 0. The number of imidazole rings is 1. The Balaban J connectivity index is 2.04. The van der Waals surface area contributed by atoms with Crippen molar-refractivity contribution in [2.45, 2.75) is 0 Å². The molecule has 0 radical (unpaired) electrons. The van der Waals surface area contributed by atoms with Crippen LogP contribution in [0.5, 0.6) is 0 Å². The van der Waals surface area contributed by atoms with Crippen molar-refractivity contribution in [2.75, 3.05) is 0 Å². The molecule has 0 fully saturated rings. The van der Waals surface area contributed by atoms with E-state index >= 15 is 0 Å². The summed E-state index contributed by atoms with van der Waals surface area (Å²) in [5.41, 5.74) is 2.94. The van der Waals surface area contributed by atoms with E-state index in [4.69, 9.17) is 4.98 Å². The molecule has 2 aromatic heterocycles. The summed E-state index contributed by atoms with van der Waals surface area (Å²) in [6.45, 7) is 0. The van der Waals surface area contributed by atoms with Crippen LogP contribution in [0.4, 0.5) is 0 Å². The zero-order valence-corrected chi connectivity index (χ0v) is 11.2. The van der Waals surface area contributed by atoms with Crippen molar-refractivity contribution in [1.29, 1.82) is 0 Å². The maximum atomic E-state index is 4.73. The van der Waals surface area contributed by atoms with Crippen molar-refractivity contribution < 1.29 is 0 Å². The van der Waals surface area contributed by atoms with Gasteiger partial charge in [0.05, 0.1) is 11.2 Å². The van der Waals surface area contributed by atoms with E-state index in [1.165, 1.54) is 0 Å². The molecule has 2 heterocycles. The molecule has 0 aliphatic carbocycles. The Bertz CT molecular complexity index is 883. The molecule has 0 amide bonds. The summed E-state index contributed by atoms with van der Waals surface area (Å²) in [5, 5.41) is 1.05. The predicted molar refractivity (Wildman–Crippen MR) is 82.1 cm³/mol. The van der Waals surface area contributed by atoms with Gasteiger partial charge in [-0.1, -0.05) is 48.5 Å². The van der Waals surface area contributed by atoms with E-state index in [0.717, 1.165) is 22.2 Å². The molecule has 0 atom stereocenters. The number of hydrogen-bond donors (Lipinski definition) is 0. The van der Waals surface area contributed by atoms with Crippen molar-refractivity contribution in [1.82, 2.24) is 19.5 Å². The number of fused-ring (bicyclic) bond motifs is 1. The molecule has 21 heavy (non-hydrogen) atoms. The second-order valence-electron chi connectivity index (χ2n) is 4.73. The number of aromatic nitrogens is 4. The van der Waals surface area contributed by atoms with Crippen LogP contribution >= 0.6 is 0 Å².